The first kappa shape index (κ1) is 23.5. The normalized spacial score (nSPS) is 14.8. The largest absolute Gasteiger partial charge is 0.490 e. The Morgan fingerprint density at radius 3 is 2.56 bits per heavy atom. The van der Waals surface area contributed by atoms with Crippen molar-refractivity contribution in [1.82, 2.24) is 10.1 Å². The predicted molar refractivity (Wildman–Crippen MR) is 117 cm³/mol. The van der Waals surface area contributed by atoms with Crippen molar-refractivity contribution in [2.45, 2.75) is 38.5 Å². The third-order valence-corrected chi connectivity index (χ3v) is 5.80. The number of hydrogen-bond donors (Lipinski definition) is 0. The Morgan fingerprint density at radius 1 is 1.12 bits per heavy atom. The van der Waals surface area contributed by atoms with Crippen molar-refractivity contribution in [2.24, 2.45) is 0 Å². The molecule has 0 unspecified atom stereocenters. The lowest BCUT2D eigenvalue weighted by Gasteiger charge is -2.32. The Morgan fingerprint density at radius 2 is 1.88 bits per heavy atom. The van der Waals surface area contributed by atoms with Gasteiger partial charge in [-0.15, -0.1) is 0 Å². The number of carbonyl (C=O) groups excluding carboxylic acids is 2. The maximum Gasteiger partial charge on any atom is 0.416 e. The molecule has 0 radical (unpaired) electrons. The molecule has 1 aromatic heterocycles. The molecule has 0 aliphatic carbocycles. The van der Waals surface area contributed by atoms with E-state index in [1.54, 1.807) is 17.0 Å². The number of carbonyl (C=O) groups is 2. The average molecular weight is 472 g/mol. The van der Waals surface area contributed by atoms with Crippen LogP contribution >= 0.6 is 0 Å². The highest BCUT2D eigenvalue weighted by atomic mass is 19.4. The summed E-state index contributed by atoms with van der Waals surface area (Å²) in [4.78, 5) is 26.7. The SMILES string of the molecule is Cc1ccc(CC(=O)c2cccc(C(F)(F)F)c2)cc1OC1CCN(C(=O)c2ccno2)CC1. The van der Waals surface area contributed by atoms with Crippen molar-refractivity contribution in [2.75, 3.05) is 13.1 Å². The van der Waals surface area contributed by atoms with Crippen LogP contribution in [0.5, 0.6) is 5.75 Å². The minimum Gasteiger partial charge on any atom is -0.490 e. The monoisotopic (exact) mass is 472 g/mol. The lowest BCUT2D eigenvalue weighted by atomic mass is 10.00. The molecule has 1 saturated heterocycles. The molecular formula is C25H23F3N2O4. The minimum absolute atomic E-state index is 0.0154. The summed E-state index contributed by atoms with van der Waals surface area (Å²) in [6.07, 6.45) is -1.96. The summed E-state index contributed by atoms with van der Waals surface area (Å²) in [5.74, 6) is 0.213. The van der Waals surface area contributed by atoms with Gasteiger partial charge in [-0.1, -0.05) is 29.4 Å². The Bertz CT molecular complexity index is 1170. The Kier molecular flexibility index (Phi) is 6.72. The zero-order valence-corrected chi connectivity index (χ0v) is 18.5. The number of aryl methyl sites for hydroxylation is 1. The van der Waals surface area contributed by atoms with Crippen LogP contribution in [0.2, 0.25) is 0 Å². The first-order chi connectivity index (χ1) is 16.2. The Labute approximate surface area is 194 Å². The third kappa shape index (κ3) is 5.47. The van der Waals surface area contributed by atoms with Crippen molar-refractivity contribution >= 4 is 11.7 Å². The van der Waals surface area contributed by atoms with Crippen LogP contribution in [0, 0.1) is 6.92 Å². The first-order valence-electron chi connectivity index (χ1n) is 10.9. The summed E-state index contributed by atoms with van der Waals surface area (Å²) in [6.45, 7) is 2.91. The molecule has 4 rings (SSSR count). The molecule has 34 heavy (non-hydrogen) atoms. The molecule has 0 bridgehead atoms. The van der Waals surface area contributed by atoms with E-state index in [1.807, 2.05) is 13.0 Å². The highest BCUT2D eigenvalue weighted by molar-refractivity contribution is 5.97. The van der Waals surface area contributed by atoms with Gasteiger partial charge in [-0.3, -0.25) is 9.59 Å². The number of ether oxygens (including phenoxy) is 1. The summed E-state index contributed by atoms with van der Waals surface area (Å²) in [5, 5.41) is 3.56. The van der Waals surface area contributed by atoms with Crippen LogP contribution in [0.4, 0.5) is 13.2 Å². The van der Waals surface area contributed by atoms with Gasteiger partial charge in [-0.05, 0) is 36.2 Å². The zero-order valence-electron chi connectivity index (χ0n) is 18.5. The van der Waals surface area contributed by atoms with E-state index in [0.29, 0.717) is 37.2 Å². The number of alkyl halides is 3. The molecule has 178 valence electrons. The standard InChI is InChI=1S/C25H23F3N2O4/c1-16-5-6-17(13-21(31)18-3-2-4-19(15-18)25(26,27)28)14-23(16)33-20-8-11-30(12-9-20)24(32)22-7-10-29-34-22/h2-7,10,14-15,20H,8-9,11-13H2,1H3. The summed E-state index contributed by atoms with van der Waals surface area (Å²) in [5.41, 5.74) is 0.706. The van der Waals surface area contributed by atoms with Crippen LogP contribution in [0.3, 0.4) is 0 Å². The van der Waals surface area contributed by atoms with Gasteiger partial charge in [-0.25, -0.2) is 0 Å². The summed E-state index contributed by atoms with van der Waals surface area (Å²) in [7, 11) is 0. The van der Waals surface area contributed by atoms with Gasteiger partial charge in [0.25, 0.3) is 5.91 Å². The molecule has 1 fully saturated rings. The molecule has 0 saturated carbocycles. The number of halogens is 3. The second-order valence-corrected chi connectivity index (χ2v) is 8.26. The molecule has 1 aliphatic rings. The topological polar surface area (TPSA) is 72.6 Å². The highest BCUT2D eigenvalue weighted by Crippen LogP contribution is 2.30. The number of likely N-dealkylation sites (tertiary alicyclic amines) is 1. The van der Waals surface area contributed by atoms with Crippen molar-refractivity contribution in [1.29, 1.82) is 0 Å². The van der Waals surface area contributed by atoms with Crippen molar-refractivity contribution in [3.8, 4) is 5.75 Å². The van der Waals surface area contributed by atoms with Crippen LogP contribution in [0.25, 0.3) is 0 Å². The van der Waals surface area contributed by atoms with Crippen LogP contribution in [-0.4, -0.2) is 40.9 Å². The smallest absolute Gasteiger partial charge is 0.416 e. The molecule has 0 spiro atoms. The van der Waals surface area contributed by atoms with E-state index in [4.69, 9.17) is 9.26 Å². The second-order valence-electron chi connectivity index (χ2n) is 8.26. The average Bonchev–Trinajstić information content (AvgIpc) is 3.36. The van der Waals surface area contributed by atoms with Gasteiger partial charge >= 0.3 is 6.18 Å². The number of benzene rings is 2. The van der Waals surface area contributed by atoms with E-state index in [0.717, 1.165) is 17.7 Å². The first-order valence-corrected chi connectivity index (χ1v) is 10.9. The molecule has 6 nitrogen and oxygen atoms in total. The maximum atomic E-state index is 13.0. The molecule has 3 aromatic rings. The number of hydrogen-bond acceptors (Lipinski definition) is 5. The molecular weight excluding hydrogens is 449 g/mol. The van der Waals surface area contributed by atoms with Gasteiger partial charge in [0.15, 0.2) is 5.78 Å². The maximum absolute atomic E-state index is 13.0. The van der Waals surface area contributed by atoms with E-state index in [-0.39, 0.29) is 29.8 Å². The number of ketones is 1. The molecule has 0 atom stereocenters. The van der Waals surface area contributed by atoms with Crippen molar-refractivity contribution in [3.63, 3.8) is 0 Å². The predicted octanol–water partition coefficient (Wildman–Crippen LogP) is 5.11. The fourth-order valence-electron chi connectivity index (χ4n) is 3.88. The van der Waals surface area contributed by atoms with Crippen LogP contribution in [0.1, 0.15) is 50.4 Å². The summed E-state index contributed by atoms with van der Waals surface area (Å²) < 4.78 is 50.0. The number of amides is 1. The van der Waals surface area contributed by atoms with Crippen LogP contribution < -0.4 is 4.74 Å². The summed E-state index contributed by atoms with van der Waals surface area (Å²) >= 11 is 0. The zero-order chi connectivity index (χ0) is 24.3. The quantitative estimate of drug-likeness (QED) is 0.466. The number of Topliss-reactive ketones (excluding diaryl/α,β-unsaturated/α-hetero) is 1. The fraction of sp³-hybridized carbons (Fsp3) is 0.320. The third-order valence-electron chi connectivity index (χ3n) is 5.80. The molecule has 2 heterocycles. The van der Waals surface area contributed by atoms with Gasteiger partial charge < -0.3 is 14.2 Å². The molecule has 1 aliphatic heterocycles. The second kappa shape index (κ2) is 9.70. The molecule has 2 aromatic carbocycles. The van der Waals surface area contributed by atoms with Gasteiger partial charge in [0.05, 0.1) is 11.8 Å². The van der Waals surface area contributed by atoms with Gasteiger partial charge in [0, 0.05) is 44.0 Å². The van der Waals surface area contributed by atoms with E-state index in [9.17, 15) is 22.8 Å². The fourth-order valence-corrected chi connectivity index (χ4v) is 3.88. The van der Waals surface area contributed by atoms with E-state index < -0.39 is 17.5 Å². The molecule has 0 N–H and O–H groups in total. The molecule has 1 amide bonds. The van der Waals surface area contributed by atoms with Gasteiger partial charge in [0.2, 0.25) is 5.76 Å². The van der Waals surface area contributed by atoms with E-state index in [2.05, 4.69) is 5.16 Å². The highest BCUT2D eigenvalue weighted by Gasteiger charge is 2.31. The lowest BCUT2D eigenvalue weighted by Crippen LogP contribution is -2.41. The van der Waals surface area contributed by atoms with Crippen molar-refractivity contribution in [3.05, 3.63) is 82.7 Å². The molecule has 9 heteroatoms. The van der Waals surface area contributed by atoms with Crippen molar-refractivity contribution < 1.29 is 32.0 Å². The number of aromatic nitrogens is 1. The Balaban J connectivity index is 1.38. The van der Waals surface area contributed by atoms with Gasteiger partial charge in [0.1, 0.15) is 11.9 Å². The number of nitrogens with zero attached hydrogens (tertiary/aromatic N) is 2. The summed E-state index contributed by atoms with van der Waals surface area (Å²) in [6, 6.07) is 11.3. The van der Waals surface area contributed by atoms with Crippen LogP contribution in [-0.2, 0) is 12.6 Å². The van der Waals surface area contributed by atoms with Gasteiger partial charge in [-0.2, -0.15) is 13.2 Å². The Hall–Kier alpha value is -3.62. The number of piperidine rings is 1. The van der Waals surface area contributed by atoms with E-state index in [1.165, 1.54) is 24.4 Å². The number of rotatable bonds is 6. The van der Waals surface area contributed by atoms with Crippen LogP contribution in [0.15, 0.2) is 59.3 Å². The van der Waals surface area contributed by atoms with E-state index >= 15 is 0 Å². The lowest BCUT2D eigenvalue weighted by molar-refractivity contribution is -0.137. The minimum atomic E-state index is -4.50.